The highest BCUT2D eigenvalue weighted by Crippen LogP contribution is 2.33. The minimum Gasteiger partial charge on any atom is -0.340 e. The summed E-state index contributed by atoms with van der Waals surface area (Å²) in [5, 5.41) is 7.39. The first-order valence-electron chi connectivity index (χ1n) is 8.14. The molecule has 0 radical (unpaired) electrons. The third kappa shape index (κ3) is 3.29. The largest absolute Gasteiger partial charge is 0.340 e. The molecule has 0 spiro atoms. The Morgan fingerprint density at radius 3 is 2.78 bits per heavy atom. The fourth-order valence-corrected chi connectivity index (χ4v) is 3.26. The Labute approximate surface area is 136 Å². The number of carbonyl (C=O) groups excluding carboxylic acids is 1. The van der Waals surface area contributed by atoms with Crippen molar-refractivity contribution in [3.8, 4) is 11.1 Å². The number of nitrogens with two attached hydrogens (primary N) is 1. The van der Waals surface area contributed by atoms with Crippen molar-refractivity contribution in [3.63, 3.8) is 0 Å². The van der Waals surface area contributed by atoms with E-state index >= 15 is 0 Å². The Hall–Kier alpha value is -2.14. The summed E-state index contributed by atoms with van der Waals surface area (Å²) in [5.74, 6) is 0.288. The van der Waals surface area contributed by atoms with Crippen LogP contribution in [0.5, 0.6) is 0 Å². The van der Waals surface area contributed by atoms with Crippen LogP contribution < -0.4 is 5.73 Å². The lowest BCUT2D eigenvalue weighted by Gasteiger charge is -2.36. The van der Waals surface area contributed by atoms with Crippen LogP contribution in [0.3, 0.4) is 0 Å². The number of nitrogens with one attached hydrogen (secondary N) is 1. The smallest absolute Gasteiger partial charge is 0.242 e. The second kappa shape index (κ2) is 6.16. The first kappa shape index (κ1) is 15.7. The summed E-state index contributed by atoms with van der Waals surface area (Å²) in [6.45, 7) is 5.02. The molecule has 3 N–H and O–H groups in total. The minimum absolute atomic E-state index is 0.0166. The molecule has 1 aromatic carbocycles. The Balaban J connectivity index is 1.83. The van der Waals surface area contributed by atoms with E-state index in [1.165, 1.54) is 0 Å². The molecular weight excluding hydrogens is 288 g/mol. The van der Waals surface area contributed by atoms with Crippen LogP contribution in [0.15, 0.2) is 36.5 Å². The van der Waals surface area contributed by atoms with Gasteiger partial charge in [0.15, 0.2) is 0 Å². The number of rotatable bonds is 3. The number of hydrogen-bond donors (Lipinski definition) is 2. The van der Waals surface area contributed by atoms with Crippen LogP contribution in [0.2, 0.25) is 0 Å². The van der Waals surface area contributed by atoms with Gasteiger partial charge in [-0.3, -0.25) is 9.89 Å². The lowest BCUT2D eigenvalue weighted by Crippen LogP contribution is -2.53. The maximum atomic E-state index is 12.5. The van der Waals surface area contributed by atoms with Gasteiger partial charge in [-0.2, -0.15) is 5.10 Å². The molecule has 23 heavy (non-hydrogen) atoms. The maximum absolute atomic E-state index is 12.5. The first-order chi connectivity index (χ1) is 11.0. The summed E-state index contributed by atoms with van der Waals surface area (Å²) in [4.78, 5) is 14.4. The number of carbonyl (C=O) groups is 1. The van der Waals surface area contributed by atoms with E-state index in [9.17, 15) is 4.79 Å². The number of amides is 1. The van der Waals surface area contributed by atoms with Crippen molar-refractivity contribution in [3.05, 3.63) is 42.2 Å². The fourth-order valence-electron chi connectivity index (χ4n) is 3.26. The van der Waals surface area contributed by atoms with Gasteiger partial charge in [0.2, 0.25) is 5.91 Å². The highest BCUT2D eigenvalue weighted by molar-refractivity contribution is 5.85. The normalized spacial score (nSPS) is 18.9. The van der Waals surface area contributed by atoms with Gasteiger partial charge in [-0.1, -0.05) is 30.3 Å². The molecule has 1 saturated heterocycles. The third-order valence-electron chi connectivity index (χ3n) is 4.42. The molecule has 1 aliphatic heterocycles. The van der Waals surface area contributed by atoms with Gasteiger partial charge in [0, 0.05) is 30.3 Å². The van der Waals surface area contributed by atoms with Crippen LogP contribution in [0, 0.1) is 0 Å². The minimum atomic E-state index is -0.821. The topological polar surface area (TPSA) is 75.0 Å². The predicted molar refractivity (Wildman–Crippen MR) is 90.8 cm³/mol. The third-order valence-corrected chi connectivity index (χ3v) is 4.42. The van der Waals surface area contributed by atoms with Crippen molar-refractivity contribution >= 4 is 5.91 Å². The number of aromatic amines is 1. The van der Waals surface area contributed by atoms with Crippen LogP contribution >= 0.6 is 0 Å². The molecule has 3 rings (SSSR count). The molecule has 2 heterocycles. The van der Waals surface area contributed by atoms with E-state index in [2.05, 4.69) is 22.3 Å². The number of benzene rings is 1. The number of likely N-dealkylation sites (tertiary alicyclic amines) is 1. The van der Waals surface area contributed by atoms with Crippen LogP contribution in [-0.2, 0) is 4.79 Å². The molecular formula is C18H24N4O. The maximum Gasteiger partial charge on any atom is 0.242 e. The van der Waals surface area contributed by atoms with Crippen molar-refractivity contribution in [2.24, 2.45) is 5.73 Å². The van der Waals surface area contributed by atoms with E-state index in [4.69, 9.17) is 5.73 Å². The monoisotopic (exact) mass is 312 g/mol. The average molecular weight is 312 g/mol. The molecule has 0 bridgehead atoms. The molecule has 0 saturated carbocycles. The Morgan fingerprint density at radius 2 is 2.09 bits per heavy atom. The quantitative estimate of drug-likeness (QED) is 0.914. The van der Waals surface area contributed by atoms with Crippen LogP contribution in [0.1, 0.15) is 38.3 Å². The fraction of sp³-hybridized carbons (Fsp3) is 0.444. The van der Waals surface area contributed by atoms with Gasteiger partial charge >= 0.3 is 0 Å². The SMILES string of the molecule is CC(C)(N)C(=O)N1CCC[C@H](c2[nH]ncc2-c2ccccc2)C1. The Morgan fingerprint density at radius 1 is 1.35 bits per heavy atom. The predicted octanol–water partition coefficient (Wildman–Crippen LogP) is 2.52. The highest BCUT2D eigenvalue weighted by atomic mass is 16.2. The number of piperidine rings is 1. The van der Waals surface area contributed by atoms with Gasteiger partial charge in [-0.15, -0.1) is 0 Å². The summed E-state index contributed by atoms with van der Waals surface area (Å²) >= 11 is 0. The van der Waals surface area contributed by atoms with Crippen LogP contribution in [0.4, 0.5) is 0 Å². The van der Waals surface area contributed by atoms with E-state index in [-0.39, 0.29) is 11.8 Å². The van der Waals surface area contributed by atoms with Gasteiger partial charge < -0.3 is 10.6 Å². The molecule has 5 nitrogen and oxygen atoms in total. The second-order valence-electron chi connectivity index (χ2n) is 6.88. The lowest BCUT2D eigenvalue weighted by molar-refractivity contribution is -0.137. The molecule has 0 unspecified atom stereocenters. The summed E-state index contributed by atoms with van der Waals surface area (Å²) in [7, 11) is 0. The molecule has 1 aliphatic rings. The zero-order valence-electron chi connectivity index (χ0n) is 13.7. The van der Waals surface area contributed by atoms with E-state index in [0.29, 0.717) is 6.54 Å². The van der Waals surface area contributed by atoms with Gasteiger partial charge in [-0.05, 0) is 32.3 Å². The second-order valence-corrected chi connectivity index (χ2v) is 6.88. The number of H-pyrrole nitrogens is 1. The molecule has 122 valence electrons. The van der Waals surface area contributed by atoms with Gasteiger partial charge in [-0.25, -0.2) is 0 Å². The van der Waals surface area contributed by atoms with Gasteiger partial charge in [0.25, 0.3) is 0 Å². The van der Waals surface area contributed by atoms with Crippen molar-refractivity contribution in [1.29, 1.82) is 0 Å². The number of aromatic nitrogens is 2. The molecule has 1 atom stereocenters. The molecule has 0 aliphatic carbocycles. The van der Waals surface area contributed by atoms with E-state index < -0.39 is 5.54 Å². The van der Waals surface area contributed by atoms with E-state index in [1.807, 2.05) is 29.3 Å². The molecule has 1 amide bonds. The first-order valence-corrected chi connectivity index (χ1v) is 8.14. The van der Waals surface area contributed by atoms with Crippen LogP contribution in [-0.4, -0.2) is 39.6 Å². The molecule has 2 aromatic rings. The van der Waals surface area contributed by atoms with Crippen molar-refractivity contribution in [2.75, 3.05) is 13.1 Å². The summed E-state index contributed by atoms with van der Waals surface area (Å²) < 4.78 is 0. The number of hydrogen-bond acceptors (Lipinski definition) is 3. The van der Waals surface area contributed by atoms with Gasteiger partial charge in [0.1, 0.15) is 0 Å². The lowest BCUT2D eigenvalue weighted by atomic mass is 9.89. The molecule has 1 aromatic heterocycles. The zero-order chi connectivity index (χ0) is 16.4. The van der Waals surface area contributed by atoms with E-state index in [0.717, 1.165) is 36.2 Å². The molecule has 1 fully saturated rings. The van der Waals surface area contributed by atoms with Crippen molar-refractivity contribution in [2.45, 2.75) is 38.1 Å². The van der Waals surface area contributed by atoms with Crippen LogP contribution in [0.25, 0.3) is 11.1 Å². The standard InChI is InChI=1S/C18H24N4O/c1-18(2,19)17(23)22-10-6-9-14(12-22)16-15(11-20-21-16)13-7-4-3-5-8-13/h3-5,7-8,11,14H,6,9-10,12,19H2,1-2H3,(H,20,21)/t14-/m0/s1. The number of nitrogens with zero attached hydrogens (tertiary/aromatic N) is 2. The Kier molecular flexibility index (Phi) is 4.22. The summed E-state index contributed by atoms with van der Waals surface area (Å²) in [6.07, 6.45) is 3.91. The van der Waals surface area contributed by atoms with E-state index in [1.54, 1.807) is 13.8 Å². The van der Waals surface area contributed by atoms with Crippen molar-refractivity contribution < 1.29 is 4.79 Å². The van der Waals surface area contributed by atoms with Crippen molar-refractivity contribution in [1.82, 2.24) is 15.1 Å². The zero-order valence-corrected chi connectivity index (χ0v) is 13.7. The molecule has 5 heteroatoms. The summed E-state index contributed by atoms with van der Waals surface area (Å²) in [5.41, 5.74) is 8.55. The van der Waals surface area contributed by atoms with Gasteiger partial charge in [0.05, 0.1) is 11.7 Å². The highest BCUT2D eigenvalue weighted by Gasteiger charge is 2.33. The Bertz CT molecular complexity index is 672. The summed E-state index contributed by atoms with van der Waals surface area (Å²) in [6, 6.07) is 10.2. The average Bonchev–Trinajstić information content (AvgIpc) is 3.04.